The average Bonchev–Trinajstić information content (AvgIpc) is 3.52. The highest BCUT2D eigenvalue weighted by molar-refractivity contribution is 7.99. The molecule has 0 spiro atoms. The number of carbonyl (C=O) groups excluding carboxylic acids is 2. The van der Waals surface area contributed by atoms with Gasteiger partial charge in [0.25, 0.3) is 0 Å². The highest BCUT2D eigenvalue weighted by Gasteiger charge is 2.18. The first-order valence-electron chi connectivity index (χ1n) is 10.8. The molecule has 174 valence electrons. The second-order valence-corrected chi connectivity index (χ2v) is 8.66. The normalized spacial score (nSPS) is 11.8. The van der Waals surface area contributed by atoms with Gasteiger partial charge in [0.2, 0.25) is 11.8 Å². The van der Waals surface area contributed by atoms with Crippen molar-refractivity contribution in [1.82, 2.24) is 20.1 Å². The lowest BCUT2D eigenvalue weighted by molar-refractivity contribution is -0.119. The van der Waals surface area contributed by atoms with Crippen LogP contribution in [0.15, 0.2) is 82.6 Å². The van der Waals surface area contributed by atoms with Gasteiger partial charge in [-0.25, -0.2) is 0 Å². The average molecular weight is 476 g/mol. The van der Waals surface area contributed by atoms with E-state index >= 15 is 0 Å². The van der Waals surface area contributed by atoms with E-state index in [2.05, 4.69) is 39.8 Å². The van der Waals surface area contributed by atoms with Crippen LogP contribution in [0.4, 0.5) is 0 Å². The second-order valence-electron chi connectivity index (χ2n) is 7.72. The largest absolute Gasteiger partial charge is 0.461 e. The zero-order chi connectivity index (χ0) is 23.9. The van der Waals surface area contributed by atoms with Gasteiger partial charge in [0, 0.05) is 13.0 Å². The van der Waals surface area contributed by atoms with Gasteiger partial charge in [0.05, 0.1) is 18.1 Å². The summed E-state index contributed by atoms with van der Waals surface area (Å²) in [5, 5.41) is 11.9. The van der Waals surface area contributed by atoms with E-state index in [9.17, 15) is 9.59 Å². The van der Waals surface area contributed by atoms with Gasteiger partial charge in [-0.2, -0.15) is 0 Å². The van der Waals surface area contributed by atoms with Crippen molar-refractivity contribution in [3.05, 3.63) is 78.6 Å². The number of thioether (sulfide) groups is 1. The van der Waals surface area contributed by atoms with Crippen molar-refractivity contribution in [2.45, 2.75) is 31.1 Å². The molecule has 0 fully saturated rings. The fourth-order valence-electron chi connectivity index (χ4n) is 3.50. The van der Waals surface area contributed by atoms with Crippen molar-refractivity contribution >= 4 is 23.6 Å². The van der Waals surface area contributed by atoms with Crippen molar-refractivity contribution in [3.63, 3.8) is 0 Å². The molecule has 0 aliphatic heterocycles. The molecule has 1 atom stereocenters. The van der Waals surface area contributed by atoms with Crippen LogP contribution in [-0.2, 0) is 16.1 Å². The Bertz CT molecular complexity index is 1240. The lowest BCUT2D eigenvalue weighted by atomic mass is 10.0. The number of carbonyl (C=O) groups is 2. The smallest absolute Gasteiger partial charge is 0.230 e. The van der Waals surface area contributed by atoms with Crippen molar-refractivity contribution in [3.8, 4) is 22.7 Å². The van der Waals surface area contributed by atoms with Gasteiger partial charge in [0.1, 0.15) is 0 Å². The summed E-state index contributed by atoms with van der Waals surface area (Å²) in [6.45, 7) is 2.25. The van der Waals surface area contributed by atoms with Crippen LogP contribution in [0.3, 0.4) is 0 Å². The fourth-order valence-corrected chi connectivity index (χ4v) is 4.27. The first kappa shape index (κ1) is 23.3. The summed E-state index contributed by atoms with van der Waals surface area (Å²) < 4.78 is 7.16. The number of nitrogens with zero attached hydrogens (tertiary/aromatic N) is 3. The van der Waals surface area contributed by atoms with E-state index in [0.717, 1.165) is 16.7 Å². The van der Waals surface area contributed by atoms with Crippen molar-refractivity contribution in [2.24, 2.45) is 5.73 Å². The Hall–Kier alpha value is -3.85. The molecule has 0 bridgehead atoms. The Morgan fingerprint density at radius 1 is 1.03 bits per heavy atom. The summed E-state index contributed by atoms with van der Waals surface area (Å²) in [6, 6.07) is 21.7. The number of primary amides is 1. The first-order valence-corrected chi connectivity index (χ1v) is 11.8. The first-order chi connectivity index (χ1) is 16.5. The van der Waals surface area contributed by atoms with Gasteiger partial charge in [-0.05, 0) is 35.7 Å². The van der Waals surface area contributed by atoms with Gasteiger partial charge >= 0.3 is 0 Å². The van der Waals surface area contributed by atoms with E-state index in [1.54, 1.807) is 16.7 Å². The van der Waals surface area contributed by atoms with Crippen molar-refractivity contribution in [2.75, 3.05) is 5.75 Å². The second kappa shape index (κ2) is 10.8. The number of amides is 2. The maximum absolute atomic E-state index is 12.6. The molecule has 4 rings (SSSR count). The van der Waals surface area contributed by atoms with E-state index in [1.807, 2.05) is 37.3 Å². The number of hydrogen-bond acceptors (Lipinski definition) is 6. The van der Waals surface area contributed by atoms with E-state index in [4.69, 9.17) is 10.2 Å². The van der Waals surface area contributed by atoms with Crippen molar-refractivity contribution < 1.29 is 14.0 Å². The molecule has 4 aromatic rings. The molecule has 0 aliphatic carbocycles. The lowest BCUT2D eigenvalue weighted by Gasteiger charge is -2.15. The fraction of sp³-hybridized carbons (Fsp3) is 0.200. The molecule has 2 heterocycles. The third-order valence-electron chi connectivity index (χ3n) is 5.27. The van der Waals surface area contributed by atoms with Crippen LogP contribution in [0.5, 0.6) is 0 Å². The van der Waals surface area contributed by atoms with Crippen LogP contribution >= 0.6 is 11.8 Å². The van der Waals surface area contributed by atoms with Crippen LogP contribution in [0.2, 0.25) is 0 Å². The van der Waals surface area contributed by atoms with Gasteiger partial charge in [-0.1, -0.05) is 66.4 Å². The third-order valence-corrected chi connectivity index (χ3v) is 6.23. The minimum atomic E-state index is -0.431. The molecule has 34 heavy (non-hydrogen) atoms. The van der Waals surface area contributed by atoms with Gasteiger partial charge in [-0.15, -0.1) is 10.2 Å². The summed E-state index contributed by atoms with van der Waals surface area (Å²) in [5.41, 5.74) is 8.61. The topological polar surface area (TPSA) is 116 Å². The lowest BCUT2D eigenvalue weighted by Crippen LogP contribution is -2.28. The molecule has 0 saturated heterocycles. The van der Waals surface area contributed by atoms with Crippen molar-refractivity contribution in [1.29, 1.82) is 0 Å². The molecule has 2 amide bonds. The summed E-state index contributed by atoms with van der Waals surface area (Å²) in [7, 11) is 0. The van der Waals surface area contributed by atoms with E-state index in [0.29, 0.717) is 23.3 Å². The van der Waals surface area contributed by atoms with Crippen LogP contribution in [0, 0.1) is 0 Å². The number of nitrogens with two attached hydrogens (primary N) is 1. The minimum absolute atomic E-state index is 0.127. The number of hydrogen-bond donors (Lipinski definition) is 2. The number of furan rings is 1. The van der Waals surface area contributed by atoms with E-state index < -0.39 is 5.91 Å². The molecular formula is C25H25N5O3S. The van der Waals surface area contributed by atoms with Crippen LogP contribution in [-0.4, -0.2) is 32.3 Å². The maximum atomic E-state index is 12.6. The number of rotatable bonds is 10. The number of nitrogens with one attached hydrogen (secondary N) is 1. The zero-order valence-corrected chi connectivity index (χ0v) is 19.5. The van der Waals surface area contributed by atoms with E-state index in [1.165, 1.54) is 18.0 Å². The molecule has 2 aromatic heterocycles. The molecular weight excluding hydrogens is 450 g/mol. The summed E-state index contributed by atoms with van der Waals surface area (Å²) >= 11 is 1.25. The molecule has 0 radical (unpaired) electrons. The molecule has 2 aromatic carbocycles. The van der Waals surface area contributed by atoms with Gasteiger partial charge in [0.15, 0.2) is 16.7 Å². The molecule has 9 heteroatoms. The Morgan fingerprint density at radius 3 is 2.44 bits per heavy atom. The third kappa shape index (κ3) is 5.74. The predicted octanol–water partition coefficient (Wildman–Crippen LogP) is 4.05. The van der Waals surface area contributed by atoms with Crippen LogP contribution in [0.1, 0.15) is 24.9 Å². The number of benzene rings is 2. The Labute approximate surface area is 201 Å². The highest BCUT2D eigenvalue weighted by atomic mass is 32.2. The predicted molar refractivity (Wildman–Crippen MR) is 131 cm³/mol. The van der Waals surface area contributed by atoms with E-state index in [-0.39, 0.29) is 24.1 Å². The zero-order valence-electron chi connectivity index (χ0n) is 18.7. The summed E-state index contributed by atoms with van der Waals surface area (Å²) in [4.78, 5) is 23.9. The molecule has 0 saturated carbocycles. The molecule has 0 unspecified atom stereocenters. The summed E-state index contributed by atoms with van der Waals surface area (Å²) in [5.74, 6) is 0.606. The molecule has 8 nitrogen and oxygen atoms in total. The Balaban J connectivity index is 1.37. The standard InChI is InChI=1S/C25H25N5O3S/c1-17(18-9-11-20(12-10-18)19-6-3-2-4-7-19)27-23(32)16-34-25-29-28-24(21-8-5-15-33-21)30(25)14-13-22(26)31/h2-12,15,17H,13-14,16H2,1H3,(H2,26,31)(H,27,32)/t17-/m1/s1. The van der Waals surface area contributed by atoms with Crippen LogP contribution < -0.4 is 11.1 Å². The Kier molecular flexibility index (Phi) is 7.44. The molecule has 0 aliphatic rings. The SMILES string of the molecule is C[C@@H](NC(=O)CSc1nnc(-c2ccco2)n1CCC(N)=O)c1ccc(-c2ccccc2)cc1. The van der Waals surface area contributed by atoms with Gasteiger partial charge in [-0.3, -0.25) is 14.2 Å². The highest BCUT2D eigenvalue weighted by Crippen LogP contribution is 2.25. The van der Waals surface area contributed by atoms with Crippen LogP contribution in [0.25, 0.3) is 22.7 Å². The summed E-state index contributed by atoms with van der Waals surface area (Å²) in [6.07, 6.45) is 1.66. The monoisotopic (exact) mass is 475 g/mol. The Morgan fingerprint density at radius 2 is 1.76 bits per heavy atom. The maximum Gasteiger partial charge on any atom is 0.230 e. The van der Waals surface area contributed by atoms with Gasteiger partial charge < -0.3 is 15.5 Å². The molecule has 3 N–H and O–H groups in total. The quantitative estimate of drug-likeness (QED) is 0.334. The number of aromatic nitrogens is 3. The minimum Gasteiger partial charge on any atom is -0.461 e.